The smallest absolute Gasteiger partial charge is 0.189 e. The first-order chi connectivity index (χ1) is 15.7. The lowest BCUT2D eigenvalue weighted by Gasteiger charge is -2.30. The van der Waals surface area contributed by atoms with Gasteiger partial charge in [0.25, 0.3) is 0 Å². The Morgan fingerprint density at radius 2 is 1.78 bits per heavy atom. The summed E-state index contributed by atoms with van der Waals surface area (Å²) >= 11 is 0. The summed E-state index contributed by atoms with van der Waals surface area (Å²) in [6.07, 6.45) is 4.52. The van der Waals surface area contributed by atoms with Crippen molar-refractivity contribution in [2.75, 3.05) is 18.9 Å². The summed E-state index contributed by atoms with van der Waals surface area (Å²) in [5, 5.41) is 14.0. The zero-order valence-electron chi connectivity index (χ0n) is 17.2. The summed E-state index contributed by atoms with van der Waals surface area (Å²) in [7, 11) is 0. The molecule has 1 aliphatic heterocycles. The lowest BCUT2D eigenvalue weighted by Crippen LogP contribution is -2.33. The van der Waals surface area contributed by atoms with Crippen LogP contribution in [-0.2, 0) is 10.2 Å². The topological polar surface area (TPSA) is 124 Å². The molecule has 0 saturated carbocycles. The molecule has 158 valence electrons. The number of nitrogens with two attached hydrogens (primary N) is 1. The highest BCUT2D eigenvalue weighted by Crippen LogP contribution is 2.35. The van der Waals surface area contributed by atoms with Gasteiger partial charge < -0.3 is 15.0 Å². The van der Waals surface area contributed by atoms with E-state index in [1.54, 1.807) is 18.5 Å². The van der Waals surface area contributed by atoms with Crippen LogP contribution in [0.5, 0.6) is 0 Å². The van der Waals surface area contributed by atoms with Gasteiger partial charge in [0, 0.05) is 36.6 Å². The Kier molecular flexibility index (Phi) is 5.09. The standard InChI is InChI=1S/C24H20N6O2/c25-15-24(7-10-31-11-8-24)21-12-17(6-9-27-21)19-14-28-23(26)22(29-19)20-13-18(30-32-20)16-4-2-1-3-5-16/h1-6,9,12-14H,7-8,10-11H2,(H2,26,28). The second-order valence-electron chi connectivity index (χ2n) is 7.67. The van der Waals surface area contributed by atoms with E-state index in [4.69, 9.17) is 20.0 Å². The lowest BCUT2D eigenvalue weighted by atomic mass is 9.78. The highest BCUT2D eigenvalue weighted by Gasteiger charge is 2.36. The van der Waals surface area contributed by atoms with Gasteiger partial charge in [-0.3, -0.25) is 4.98 Å². The molecule has 0 atom stereocenters. The third-order valence-corrected chi connectivity index (χ3v) is 5.72. The van der Waals surface area contributed by atoms with Crippen LogP contribution in [0.4, 0.5) is 5.82 Å². The van der Waals surface area contributed by atoms with E-state index in [0.717, 1.165) is 11.1 Å². The molecular formula is C24H20N6O2. The van der Waals surface area contributed by atoms with Gasteiger partial charge in [-0.1, -0.05) is 35.5 Å². The van der Waals surface area contributed by atoms with E-state index in [1.165, 1.54) is 0 Å². The van der Waals surface area contributed by atoms with Crippen molar-refractivity contribution in [3.8, 4) is 40.0 Å². The van der Waals surface area contributed by atoms with Crippen molar-refractivity contribution in [1.82, 2.24) is 20.1 Å². The monoisotopic (exact) mass is 424 g/mol. The first-order valence-corrected chi connectivity index (χ1v) is 10.3. The average Bonchev–Trinajstić information content (AvgIpc) is 3.35. The Morgan fingerprint density at radius 1 is 0.969 bits per heavy atom. The Bertz CT molecular complexity index is 1290. The maximum Gasteiger partial charge on any atom is 0.189 e. The number of pyridine rings is 1. The first kappa shape index (κ1) is 19.8. The molecular weight excluding hydrogens is 404 g/mol. The van der Waals surface area contributed by atoms with Crippen LogP contribution in [0.3, 0.4) is 0 Å². The van der Waals surface area contributed by atoms with Crippen molar-refractivity contribution in [1.29, 1.82) is 5.26 Å². The molecule has 4 aromatic rings. The molecule has 8 heteroatoms. The molecule has 1 aromatic carbocycles. The number of nitrogen functional groups attached to an aromatic ring is 1. The summed E-state index contributed by atoms with van der Waals surface area (Å²) in [6.45, 7) is 1.08. The Labute approximate surface area is 184 Å². The largest absolute Gasteiger partial charge is 0.382 e. The van der Waals surface area contributed by atoms with Crippen LogP contribution in [0, 0.1) is 11.3 Å². The van der Waals surface area contributed by atoms with Gasteiger partial charge in [-0.15, -0.1) is 0 Å². The second kappa shape index (κ2) is 8.21. The predicted octanol–water partition coefficient (Wildman–Crippen LogP) is 4.01. The van der Waals surface area contributed by atoms with E-state index in [0.29, 0.717) is 54.6 Å². The maximum absolute atomic E-state index is 9.87. The molecule has 4 heterocycles. The summed E-state index contributed by atoms with van der Waals surface area (Å²) in [5.41, 5.74) is 9.60. The molecule has 0 bridgehead atoms. The molecule has 0 aliphatic carbocycles. The average molecular weight is 424 g/mol. The molecule has 3 aromatic heterocycles. The third kappa shape index (κ3) is 3.59. The van der Waals surface area contributed by atoms with Crippen LogP contribution < -0.4 is 5.73 Å². The molecule has 8 nitrogen and oxygen atoms in total. The summed E-state index contributed by atoms with van der Waals surface area (Å²) in [5.74, 6) is 0.680. The minimum Gasteiger partial charge on any atom is -0.382 e. The SMILES string of the molecule is N#CC1(c2cc(-c3cnc(N)c(-c4cc(-c5ccccc5)no4)n3)ccn2)CCOCC1. The molecule has 0 radical (unpaired) electrons. The van der Waals surface area contributed by atoms with Gasteiger partial charge in [-0.25, -0.2) is 9.97 Å². The summed E-state index contributed by atoms with van der Waals surface area (Å²) < 4.78 is 11.0. The van der Waals surface area contributed by atoms with Gasteiger partial charge >= 0.3 is 0 Å². The van der Waals surface area contributed by atoms with Gasteiger partial charge in [0.15, 0.2) is 17.3 Å². The van der Waals surface area contributed by atoms with E-state index in [2.05, 4.69) is 21.2 Å². The molecule has 2 N–H and O–H groups in total. The van der Waals surface area contributed by atoms with Crippen LogP contribution >= 0.6 is 0 Å². The molecule has 0 unspecified atom stereocenters. The van der Waals surface area contributed by atoms with Crippen LogP contribution in [-0.4, -0.2) is 33.3 Å². The highest BCUT2D eigenvalue weighted by molar-refractivity contribution is 5.73. The number of anilines is 1. The van der Waals surface area contributed by atoms with Crippen molar-refractivity contribution in [3.63, 3.8) is 0 Å². The van der Waals surface area contributed by atoms with E-state index < -0.39 is 5.41 Å². The number of aromatic nitrogens is 4. The van der Waals surface area contributed by atoms with E-state index in [9.17, 15) is 5.26 Å². The number of hydrogen-bond acceptors (Lipinski definition) is 8. The number of hydrogen-bond donors (Lipinski definition) is 1. The van der Waals surface area contributed by atoms with Crippen molar-refractivity contribution in [2.45, 2.75) is 18.3 Å². The van der Waals surface area contributed by atoms with Crippen molar-refractivity contribution in [2.24, 2.45) is 0 Å². The minimum atomic E-state index is -0.659. The Hall–Kier alpha value is -4.09. The molecule has 32 heavy (non-hydrogen) atoms. The molecule has 0 amide bonds. The Balaban J connectivity index is 1.51. The fourth-order valence-electron chi connectivity index (χ4n) is 3.85. The van der Waals surface area contributed by atoms with Crippen LogP contribution in [0.25, 0.3) is 34.0 Å². The van der Waals surface area contributed by atoms with Gasteiger partial charge in [0.1, 0.15) is 11.1 Å². The minimum absolute atomic E-state index is 0.247. The van der Waals surface area contributed by atoms with Gasteiger partial charge in [0.05, 0.1) is 23.7 Å². The zero-order valence-corrected chi connectivity index (χ0v) is 17.2. The number of ether oxygens (including phenoxy) is 1. The molecule has 1 saturated heterocycles. The van der Waals surface area contributed by atoms with Crippen molar-refractivity contribution < 1.29 is 9.26 Å². The fourth-order valence-corrected chi connectivity index (χ4v) is 3.85. The zero-order chi connectivity index (χ0) is 22.0. The fraction of sp³-hybridized carbons (Fsp3) is 0.208. The lowest BCUT2D eigenvalue weighted by molar-refractivity contribution is 0.0664. The second-order valence-corrected chi connectivity index (χ2v) is 7.67. The number of rotatable bonds is 4. The first-order valence-electron chi connectivity index (χ1n) is 10.3. The van der Waals surface area contributed by atoms with E-state index in [-0.39, 0.29) is 5.82 Å². The van der Waals surface area contributed by atoms with E-state index >= 15 is 0 Å². The number of benzene rings is 1. The van der Waals surface area contributed by atoms with E-state index in [1.807, 2.05) is 42.5 Å². The normalized spacial score (nSPS) is 15.2. The molecule has 0 spiro atoms. The Morgan fingerprint density at radius 3 is 2.56 bits per heavy atom. The van der Waals surface area contributed by atoms with Crippen LogP contribution in [0.1, 0.15) is 18.5 Å². The predicted molar refractivity (Wildman–Crippen MR) is 118 cm³/mol. The van der Waals surface area contributed by atoms with Gasteiger partial charge in [-0.05, 0) is 25.0 Å². The quantitative estimate of drug-likeness (QED) is 0.521. The van der Waals surface area contributed by atoms with Gasteiger partial charge in [0.2, 0.25) is 0 Å². The van der Waals surface area contributed by atoms with Gasteiger partial charge in [-0.2, -0.15) is 5.26 Å². The summed E-state index contributed by atoms with van der Waals surface area (Å²) in [6, 6.07) is 17.7. The van der Waals surface area contributed by atoms with Crippen LogP contribution in [0.15, 0.2) is 65.4 Å². The van der Waals surface area contributed by atoms with Crippen molar-refractivity contribution >= 4 is 5.82 Å². The molecule has 1 aliphatic rings. The van der Waals surface area contributed by atoms with Crippen LogP contribution in [0.2, 0.25) is 0 Å². The maximum atomic E-state index is 9.87. The summed E-state index contributed by atoms with van der Waals surface area (Å²) in [4.78, 5) is 13.5. The number of nitrogens with zero attached hydrogens (tertiary/aromatic N) is 5. The third-order valence-electron chi connectivity index (χ3n) is 5.72. The van der Waals surface area contributed by atoms with Crippen molar-refractivity contribution in [3.05, 3.63) is 66.6 Å². The molecule has 1 fully saturated rings. The molecule has 5 rings (SSSR count). The number of nitriles is 1. The highest BCUT2D eigenvalue weighted by atomic mass is 16.5.